The molecule has 6 nitrogen and oxygen atoms in total. The average molecular weight is 364 g/mol. The zero-order chi connectivity index (χ0) is 19.2. The molecule has 0 aliphatic heterocycles. The molecule has 0 fully saturated rings. The average Bonchev–Trinajstić information content (AvgIpc) is 2.63. The van der Waals surface area contributed by atoms with Crippen LogP contribution in [-0.2, 0) is 4.79 Å². The fraction of sp³-hybridized carbons (Fsp3) is 0.0500. The molecule has 2 amide bonds. The lowest BCUT2D eigenvalue weighted by Gasteiger charge is -2.09. The molecular weight excluding hydrogens is 347 g/mol. The Morgan fingerprint density at radius 3 is 2.37 bits per heavy atom. The number of rotatable bonds is 5. The number of anilines is 4. The van der Waals surface area contributed by atoms with Crippen molar-refractivity contribution < 1.29 is 14.0 Å². The van der Waals surface area contributed by atoms with E-state index in [0.717, 1.165) is 5.69 Å². The van der Waals surface area contributed by atoms with E-state index in [1.54, 1.807) is 36.4 Å². The minimum atomic E-state index is -0.583. The second-order valence-electron chi connectivity index (χ2n) is 5.75. The standard InChI is InChI=1S/C20H17FN4O2/c1-13(26)23-14-5-4-6-15(11-14)24-19-10-9-16(12-22-19)25-20(27)17-7-2-3-8-18(17)21/h2-12H,1H3,(H,22,24)(H,23,26)(H,25,27). The Hall–Kier alpha value is -3.74. The molecule has 1 aromatic heterocycles. The van der Waals surface area contributed by atoms with Crippen molar-refractivity contribution in [2.75, 3.05) is 16.0 Å². The minimum Gasteiger partial charge on any atom is -0.340 e. The molecule has 0 aliphatic rings. The first-order chi connectivity index (χ1) is 13.0. The molecule has 136 valence electrons. The summed E-state index contributed by atoms with van der Waals surface area (Å²) in [5.74, 6) is -0.724. The van der Waals surface area contributed by atoms with Gasteiger partial charge in [0.1, 0.15) is 11.6 Å². The molecule has 0 saturated heterocycles. The smallest absolute Gasteiger partial charge is 0.258 e. The Bertz CT molecular complexity index is 974. The summed E-state index contributed by atoms with van der Waals surface area (Å²) in [6.45, 7) is 1.44. The minimum absolute atomic E-state index is 0.0329. The normalized spacial score (nSPS) is 10.1. The zero-order valence-corrected chi connectivity index (χ0v) is 14.5. The number of nitrogens with one attached hydrogen (secondary N) is 3. The number of amides is 2. The van der Waals surface area contributed by atoms with Crippen molar-refractivity contribution in [1.82, 2.24) is 4.98 Å². The predicted molar refractivity (Wildman–Crippen MR) is 103 cm³/mol. The number of halogens is 1. The van der Waals surface area contributed by atoms with Crippen LogP contribution in [0, 0.1) is 5.82 Å². The van der Waals surface area contributed by atoms with E-state index >= 15 is 0 Å². The van der Waals surface area contributed by atoms with Crippen LogP contribution in [0.2, 0.25) is 0 Å². The first-order valence-electron chi connectivity index (χ1n) is 8.18. The van der Waals surface area contributed by atoms with E-state index in [1.807, 2.05) is 6.07 Å². The van der Waals surface area contributed by atoms with Crippen LogP contribution in [0.4, 0.5) is 27.3 Å². The van der Waals surface area contributed by atoms with E-state index < -0.39 is 11.7 Å². The summed E-state index contributed by atoms with van der Waals surface area (Å²) in [5, 5.41) is 8.41. The van der Waals surface area contributed by atoms with E-state index in [2.05, 4.69) is 20.9 Å². The molecule has 0 unspecified atom stereocenters. The zero-order valence-electron chi connectivity index (χ0n) is 14.5. The molecular formula is C20H17FN4O2. The van der Waals surface area contributed by atoms with Crippen LogP contribution in [-0.4, -0.2) is 16.8 Å². The molecule has 1 heterocycles. The fourth-order valence-electron chi connectivity index (χ4n) is 2.41. The van der Waals surface area contributed by atoms with Gasteiger partial charge in [0.15, 0.2) is 0 Å². The van der Waals surface area contributed by atoms with Crippen LogP contribution in [0.15, 0.2) is 66.9 Å². The van der Waals surface area contributed by atoms with E-state index in [9.17, 15) is 14.0 Å². The van der Waals surface area contributed by atoms with Crippen molar-refractivity contribution >= 4 is 34.7 Å². The fourth-order valence-corrected chi connectivity index (χ4v) is 2.41. The van der Waals surface area contributed by atoms with E-state index in [0.29, 0.717) is 17.2 Å². The third kappa shape index (κ3) is 4.88. The van der Waals surface area contributed by atoms with Crippen LogP contribution >= 0.6 is 0 Å². The molecule has 3 N–H and O–H groups in total. The van der Waals surface area contributed by atoms with Crippen LogP contribution in [0.5, 0.6) is 0 Å². The summed E-state index contributed by atoms with van der Waals surface area (Å²) >= 11 is 0. The van der Waals surface area contributed by atoms with Crippen molar-refractivity contribution in [2.24, 2.45) is 0 Å². The Morgan fingerprint density at radius 2 is 1.67 bits per heavy atom. The Kier molecular flexibility index (Phi) is 5.41. The largest absolute Gasteiger partial charge is 0.340 e. The van der Waals surface area contributed by atoms with Gasteiger partial charge in [0, 0.05) is 18.3 Å². The highest BCUT2D eigenvalue weighted by Crippen LogP contribution is 2.20. The van der Waals surface area contributed by atoms with Gasteiger partial charge in [0.25, 0.3) is 5.91 Å². The van der Waals surface area contributed by atoms with Gasteiger partial charge in [-0.1, -0.05) is 18.2 Å². The summed E-state index contributed by atoms with van der Waals surface area (Å²) < 4.78 is 13.6. The molecule has 0 radical (unpaired) electrons. The Balaban J connectivity index is 1.66. The van der Waals surface area contributed by atoms with Gasteiger partial charge in [-0.05, 0) is 42.5 Å². The topological polar surface area (TPSA) is 83.1 Å². The van der Waals surface area contributed by atoms with Crippen molar-refractivity contribution in [2.45, 2.75) is 6.92 Å². The number of benzene rings is 2. The summed E-state index contributed by atoms with van der Waals surface area (Å²) in [5.41, 5.74) is 1.83. The molecule has 3 aromatic rings. The van der Waals surface area contributed by atoms with Gasteiger partial charge in [-0.2, -0.15) is 0 Å². The molecule has 7 heteroatoms. The van der Waals surface area contributed by atoms with Crippen molar-refractivity contribution in [3.05, 3.63) is 78.2 Å². The predicted octanol–water partition coefficient (Wildman–Crippen LogP) is 4.18. The second-order valence-corrected chi connectivity index (χ2v) is 5.75. The van der Waals surface area contributed by atoms with Crippen molar-refractivity contribution in [3.63, 3.8) is 0 Å². The van der Waals surface area contributed by atoms with Gasteiger partial charge in [-0.15, -0.1) is 0 Å². The van der Waals surface area contributed by atoms with E-state index in [4.69, 9.17) is 0 Å². The number of nitrogens with zero attached hydrogens (tertiary/aromatic N) is 1. The highest BCUT2D eigenvalue weighted by molar-refractivity contribution is 6.04. The number of carbonyl (C=O) groups is 2. The highest BCUT2D eigenvalue weighted by atomic mass is 19.1. The van der Waals surface area contributed by atoms with E-state index in [1.165, 1.54) is 31.3 Å². The summed E-state index contributed by atoms with van der Waals surface area (Å²) in [6.07, 6.45) is 1.47. The number of carbonyl (C=O) groups excluding carboxylic acids is 2. The van der Waals surface area contributed by atoms with Crippen LogP contribution in [0.25, 0.3) is 0 Å². The Labute approximate surface area is 155 Å². The van der Waals surface area contributed by atoms with Crippen LogP contribution < -0.4 is 16.0 Å². The second kappa shape index (κ2) is 8.09. The number of hydrogen-bond donors (Lipinski definition) is 3. The van der Waals surface area contributed by atoms with Gasteiger partial charge in [0.05, 0.1) is 17.4 Å². The molecule has 0 aliphatic carbocycles. The molecule has 2 aromatic carbocycles. The van der Waals surface area contributed by atoms with Crippen LogP contribution in [0.3, 0.4) is 0 Å². The summed E-state index contributed by atoms with van der Waals surface area (Å²) in [4.78, 5) is 27.5. The molecule has 0 saturated carbocycles. The maximum absolute atomic E-state index is 13.6. The lowest BCUT2D eigenvalue weighted by atomic mass is 10.2. The van der Waals surface area contributed by atoms with Gasteiger partial charge < -0.3 is 16.0 Å². The lowest BCUT2D eigenvalue weighted by Crippen LogP contribution is -2.13. The molecule has 0 bridgehead atoms. The quantitative estimate of drug-likeness (QED) is 0.634. The maximum Gasteiger partial charge on any atom is 0.258 e. The van der Waals surface area contributed by atoms with Crippen molar-refractivity contribution in [3.8, 4) is 0 Å². The van der Waals surface area contributed by atoms with Gasteiger partial charge in [-0.25, -0.2) is 9.37 Å². The van der Waals surface area contributed by atoms with Crippen LogP contribution in [0.1, 0.15) is 17.3 Å². The molecule has 0 spiro atoms. The number of pyridine rings is 1. The maximum atomic E-state index is 13.6. The van der Waals surface area contributed by atoms with Gasteiger partial charge in [0.2, 0.25) is 5.91 Å². The first kappa shape index (κ1) is 18.1. The van der Waals surface area contributed by atoms with Gasteiger partial charge in [-0.3, -0.25) is 9.59 Å². The Morgan fingerprint density at radius 1 is 0.889 bits per heavy atom. The summed E-state index contributed by atoms with van der Waals surface area (Å²) in [7, 11) is 0. The van der Waals surface area contributed by atoms with E-state index in [-0.39, 0.29) is 11.5 Å². The monoisotopic (exact) mass is 364 g/mol. The van der Waals surface area contributed by atoms with Crippen molar-refractivity contribution in [1.29, 1.82) is 0 Å². The number of aromatic nitrogens is 1. The first-order valence-corrected chi connectivity index (χ1v) is 8.18. The molecule has 0 atom stereocenters. The summed E-state index contributed by atoms with van der Waals surface area (Å²) in [6, 6.07) is 16.3. The van der Waals surface area contributed by atoms with Gasteiger partial charge >= 0.3 is 0 Å². The molecule has 27 heavy (non-hydrogen) atoms. The highest BCUT2D eigenvalue weighted by Gasteiger charge is 2.11. The molecule has 3 rings (SSSR count). The third-order valence-electron chi connectivity index (χ3n) is 3.60. The lowest BCUT2D eigenvalue weighted by molar-refractivity contribution is -0.114. The number of hydrogen-bond acceptors (Lipinski definition) is 4. The SMILES string of the molecule is CC(=O)Nc1cccc(Nc2ccc(NC(=O)c3ccccc3F)cn2)c1. The third-order valence-corrected chi connectivity index (χ3v) is 3.60.